The number of aromatic nitrogens is 3. The largest absolute Gasteiger partial charge is 0.341 e. The fourth-order valence-electron chi connectivity index (χ4n) is 4.16. The van der Waals surface area contributed by atoms with Crippen molar-refractivity contribution in [3.63, 3.8) is 0 Å². The highest BCUT2D eigenvalue weighted by atomic mass is 16.2. The molecular weight excluding hydrogens is 334 g/mol. The van der Waals surface area contributed by atoms with Crippen LogP contribution in [0, 0.1) is 0 Å². The van der Waals surface area contributed by atoms with Crippen LogP contribution in [-0.4, -0.2) is 61.9 Å². The second-order valence-corrected chi connectivity index (χ2v) is 7.15. The zero-order valence-corrected chi connectivity index (χ0v) is 14.9. The van der Waals surface area contributed by atoms with Crippen LogP contribution in [0.2, 0.25) is 0 Å². The highest BCUT2D eigenvalue weighted by molar-refractivity contribution is 5.87. The lowest BCUT2D eigenvalue weighted by atomic mass is 9.93. The van der Waals surface area contributed by atoms with Gasteiger partial charge in [-0.15, -0.1) is 0 Å². The van der Waals surface area contributed by atoms with Gasteiger partial charge in [-0.3, -0.25) is 19.5 Å². The lowest BCUT2D eigenvalue weighted by molar-refractivity contribution is -0.143. The fraction of sp³-hybridized carbons (Fsp3) is 0.556. The third-order valence-electron chi connectivity index (χ3n) is 5.57. The Morgan fingerprint density at radius 3 is 2.69 bits per heavy atom. The van der Waals surface area contributed by atoms with Crippen LogP contribution >= 0.6 is 0 Å². The minimum atomic E-state index is -0.303. The molecule has 0 aliphatic carbocycles. The number of fused-ring (bicyclic) bond motifs is 1. The van der Waals surface area contributed by atoms with Crippen molar-refractivity contribution in [1.29, 1.82) is 0 Å². The molecule has 2 aromatic heterocycles. The van der Waals surface area contributed by atoms with E-state index in [0.717, 1.165) is 31.4 Å². The molecule has 0 spiro atoms. The van der Waals surface area contributed by atoms with Crippen LogP contribution in [0.1, 0.15) is 44.2 Å². The number of carbonyl (C=O) groups is 2. The topological polar surface area (TPSA) is 90.8 Å². The molecule has 2 aliphatic rings. The average Bonchev–Trinajstić information content (AvgIpc) is 3.30. The Morgan fingerprint density at radius 1 is 1.19 bits per heavy atom. The number of aromatic amines is 1. The van der Waals surface area contributed by atoms with Crippen molar-refractivity contribution in [1.82, 2.24) is 24.4 Å². The van der Waals surface area contributed by atoms with E-state index in [1.54, 1.807) is 23.2 Å². The van der Waals surface area contributed by atoms with Crippen molar-refractivity contribution in [2.45, 2.75) is 44.6 Å². The molecule has 138 valence electrons. The molecule has 1 N–H and O–H groups in total. The summed E-state index contributed by atoms with van der Waals surface area (Å²) in [5.74, 6) is 0.213. The zero-order valence-electron chi connectivity index (χ0n) is 14.9. The first-order valence-electron chi connectivity index (χ1n) is 9.17. The maximum Gasteiger partial charge on any atom is 0.272 e. The molecule has 0 radical (unpaired) electrons. The van der Waals surface area contributed by atoms with Crippen LogP contribution in [0.25, 0.3) is 5.65 Å². The molecule has 8 heteroatoms. The van der Waals surface area contributed by atoms with Crippen molar-refractivity contribution >= 4 is 17.5 Å². The van der Waals surface area contributed by atoms with Gasteiger partial charge in [0.1, 0.15) is 6.04 Å². The Bertz CT molecular complexity index is 894. The summed E-state index contributed by atoms with van der Waals surface area (Å²) in [4.78, 5) is 44.8. The molecular formula is C18H23N5O3. The number of nitrogens with zero attached hydrogens (tertiary/aromatic N) is 4. The number of likely N-dealkylation sites (tertiary alicyclic amines) is 2. The highest BCUT2D eigenvalue weighted by Gasteiger charge is 2.36. The van der Waals surface area contributed by atoms with E-state index >= 15 is 0 Å². The molecule has 2 saturated heterocycles. The summed E-state index contributed by atoms with van der Waals surface area (Å²) in [5, 5.41) is 2.84. The van der Waals surface area contributed by atoms with Crippen LogP contribution in [-0.2, 0) is 9.59 Å². The predicted molar refractivity (Wildman–Crippen MR) is 94.8 cm³/mol. The summed E-state index contributed by atoms with van der Waals surface area (Å²) in [7, 11) is 0. The van der Waals surface area contributed by atoms with E-state index < -0.39 is 0 Å². The predicted octanol–water partition coefficient (Wildman–Crippen LogP) is 0.740. The lowest BCUT2D eigenvalue weighted by Crippen LogP contribution is -2.49. The smallest absolute Gasteiger partial charge is 0.272 e. The molecule has 2 amide bonds. The molecule has 0 bridgehead atoms. The molecule has 2 aliphatic heterocycles. The number of H-pyrrole nitrogens is 1. The molecule has 2 fully saturated rings. The number of nitrogens with one attached hydrogen (secondary N) is 1. The van der Waals surface area contributed by atoms with Gasteiger partial charge < -0.3 is 9.80 Å². The van der Waals surface area contributed by atoms with Gasteiger partial charge in [-0.05, 0) is 25.7 Å². The first-order valence-corrected chi connectivity index (χ1v) is 9.17. The highest BCUT2D eigenvalue weighted by Crippen LogP contribution is 2.28. The Labute approximate surface area is 150 Å². The monoisotopic (exact) mass is 357 g/mol. The maximum absolute atomic E-state index is 12.8. The molecule has 2 aromatic rings. The zero-order chi connectivity index (χ0) is 18.3. The summed E-state index contributed by atoms with van der Waals surface area (Å²) in [5.41, 5.74) is 1.30. The molecule has 4 rings (SSSR count). The van der Waals surface area contributed by atoms with Gasteiger partial charge in [0, 0.05) is 50.8 Å². The van der Waals surface area contributed by atoms with E-state index in [4.69, 9.17) is 0 Å². The molecule has 4 heterocycles. The molecule has 8 nitrogen and oxygen atoms in total. The summed E-state index contributed by atoms with van der Waals surface area (Å²) < 4.78 is 1.42. The second-order valence-electron chi connectivity index (χ2n) is 7.15. The normalized spacial score (nSPS) is 21.5. The van der Waals surface area contributed by atoms with E-state index in [1.807, 2.05) is 4.90 Å². The van der Waals surface area contributed by atoms with E-state index in [-0.39, 0.29) is 29.3 Å². The van der Waals surface area contributed by atoms with E-state index in [1.165, 1.54) is 11.4 Å². The summed E-state index contributed by atoms with van der Waals surface area (Å²) in [6.45, 7) is 3.48. The van der Waals surface area contributed by atoms with E-state index in [2.05, 4.69) is 10.1 Å². The number of amides is 2. The van der Waals surface area contributed by atoms with Crippen LogP contribution in [0.5, 0.6) is 0 Å². The van der Waals surface area contributed by atoms with Crippen molar-refractivity contribution in [3.05, 3.63) is 34.4 Å². The quantitative estimate of drug-likeness (QED) is 0.858. The SMILES string of the molecule is CC(=O)N1CCC[C@@H]1C(=O)N1CCC(c2cc(=O)n3[nH]ccc3n2)CC1. The summed E-state index contributed by atoms with van der Waals surface area (Å²) >= 11 is 0. The van der Waals surface area contributed by atoms with Gasteiger partial charge in [0.15, 0.2) is 5.65 Å². The average molecular weight is 357 g/mol. The summed E-state index contributed by atoms with van der Waals surface area (Å²) in [6.07, 6.45) is 4.89. The van der Waals surface area contributed by atoms with Crippen molar-refractivity contribution in [3.8, 4) is 0 Å². The standard InChI is InChI=1S/C18H23N5O3/c1-12(24)22-8-2-3-15(22)18(26)21-9-5-13(6-10-21)14-11-17(25)23-16(20-14)4-7-19-23/h4,7,11,13,15,19H,2-3,5-6,8-10H2,1H3/t15-/m1/s1. The lowest BCUT2D eigenvalue weighted by Gasteiger charge is -2.35. The Balaban J connectivity index is 1.44. The van der Waals surface area contributed by atoms with E-state index in [0.29, 0.717) is 25.3 Å². The van der Waals surface area contributed by atoms with Crippen LogP contribution in [0.15, 0.2) is 23.1 Å². The van der Waals surface area contributed by atoms with E-state index in [9.17, 15) is 14.4 Å². The molecule has 0 aromatic carbocycles. The number of rotatable bonds is 2. The van der Waals surface area contributed by atoms with Gasteiger partial charge in [0.2, 0.25) is 11.8 Å². The fourth-order valence-corrected chi connectivity index (χ4v) is 4.16. The minimum absolute atomic E-state index is 0.0276. The van der Waals surface area contributed by atoms with Crippen molar-refractivity contribution in [2.75, 3.05) is 19.6 Å². The van der Waals surface area contributed by atoms with Gasteiger partial charge >= 0.3 is 0 Å². The number of piperidine rings is 1. The summed E-state index contributed by atoms with van der Waals surface area (Å²) in [6, 6.07) is 3.06. The first-order chi connectivity index (χ1) is 12.5. The number of hydrogen-bond acceptors (Lipinski definition) is 4. The van der Waals surface area contributed by atoms with Gasteiger partial charge in [-0.1, -0.05) is 0 Å². The third kappa shape index (κ3) is 2.89. The first kappa shape index (κ1) is 16.8. The van der Waals surface area contributed by atoms with Crippen LogP contribution in [0.3, 0.4) is 0 Å². The van der Waals surface area contributed by atoms with Gasteiger partial charge in [-0.2, -0.15) is 0 Å². The molecule has 26 heavy (non-hydrogen) atoms. The molecule has 0 saturated carbocycles. The second kappa shape index (κ2) is 6.59. The van der Waals surface area contributed by atoms with Gasteiger partial charge in [0.05, 0.1) is 5.69 Å². The number of hydrogen-bond donors (Lipinski definition) is 1. The minimum Gasteiger partial charge on any atom is -0.341 e. The Kier molecular flexibility index (Phi) is 4.26. The number of carbonyl (C=O) groups excluding carboxylic acids is 2. The Morgan fingerprint density at radius 2 is 1.96 bits per heavy atom. The van der Waals surface area contributed by atoms with Gasteiger partial charge in [0.25, 0.3) is 5.56 Å². The Hall–Kier alpha value is -2.64. The van der Waals surface area contributed by atoms with Crippen molar-refractivity contribution < 1.29 is 9.59 Å². The third-order valence-corrected chi connectivity index (χ3v) is 5.57. The molecule has 0 unspecified atom stereocenters. The van der Waals surface area contributed by atoms with Gasteiger partial charge in [-0.25, -0.2) is 9.50 Å². The molecule has 1 atom stereocenters. The van der Waals surface area contributed by atoms with Crippen LogP contribution < -0.4 is 5.56 Å². The van der Waals surface area contributed by atoms with Crippen LogP contribution in [0.4, 0.5) is 0 Å². The van der Waals surface area contributed by atoms with Crippen molar-refractivity contribution in [2.24, 2.45) is 0 Å². The maximum atomic E-state index is 12.8.